The molecule has 7 aromatic carbocycles. The summed E-state index contributed by atoms with van der Waals surface area (Å²) in [4.78, 5) is 0. The van der Waals surface area contributed by atoms with Crippen LogP contribution in [-0.4, -0.2) is 11.3 Å². The summed E-state index contributed by atoms with van der Waals surface area (Å²) in [5.74, 6) is 0. The largest absolute Gasteiger partial charge is 0.309 e. The van der Waals surface area contributed by atoms with E-state index >= 15 is 0 Å². The molecule has 0 amide bonds. The van der Waals surface area contributed by atoms with Crippen LogP contribution in [0.4, 0.5) is 0 Å². The van der Waals surface area contributed by atoms with Gasteiger partial charge in [0.1, 0.15) is 0 Å². The van der Waals surface area contributed by atoms with E-state index in [2.05, 4.69) is 180 Å². The van der Waals surface area contributed by atoms with Gasteiger partial charge in [0.25, 0.3) is 0 Å². The summed E-state index contributed by atoms with van der Waals surface area (Å²) in [6.07, 6.45) is 0. The van der Waals surface area contributed by atoms with Gasteiger partial charge in [0.15, 0.2) is 0 Å². The van der Waals surface area contributed by atoms with Crippen molar-refractivity contribution in [1.29, 1.82) is 0 Å². The second kappa shape index (κ2) is 11.7. The zero-order chi connectivity index (χ0) is 33.1. The normalized spacial score (nSPS) is 11.5. The van der Waals surface area contributed by atoms with Crippen molar-refractivity contribution in [2.75, 3.05) is 0 Å². The number of nitrogens with zero attached hydrogens (tertiary/aromatic N) is 1. The Morgan fingerprint density at radius 1 is 0.417 bits per heavy atom. The van der Waals surface area contributed by atoms with Gasteiger partial charge in [-0.3, -0.25) is 0 Å². The fraction of sp³-hybridized carbons (Fsp3) is 0.130. The van der Waals surface area contributed by atoms with Crippen LogP contribution >= 0.6 is 0 Å². The summed E-state index contributed by atoms with van der Waals surface area (Å²) in [5, 5.41) is 5.16. The van der Waals surface area contributed by atoms with Gasteiger partial charge in [-0.05, 0) is 87.7 Å². The number of para-hydroxylation sites is 2. The highest BCUT2D eigenvalue weighted by molar-refractivity contribution is 6.98. The average Bonchev–Trinajstić information content (AvgIpc) is 3.41. The Bertz CT molecular complexity index is 2360. The van der Waals surface area contributed by atoms with E-state index in [0.29, 0.717) is 0 Å². The molecule has 0 bridgehead atoms. The minimum Gasteiger partial charge on any atom is -0.309 e. The molecule has 1 heterocycles. The molecule has 0 unspecified atom stereocenters. The molecule has 1 nitrogen and oxygen atoms in total. The fourth-order valence-electron chi connectivity index (χ4n) is 8.57. The highest BCUT2D eigenvalue weighted by Gasteiger charge is 2.30. The standard InChI is InChI=1S/C46H40BN/c1-29-25-31(3)45(32(4)26-29)47(46-33(5)27-30(2)28-34(46)6)42-24-23-37(38-13-7-8-14-39(38)42)35-19-21-36(22-20-35)48-43-17-11-9-15-40(43)41-16-10-12-18-44(41)48/h7-28H,1-6H3. The van der Waals surface area contributed by atoms with Crippen molar-refractivity contribution in [3.05, 3.63) is 167 Å². The molecule has 0 spiro atoms. The third kappa shape index (κ3) is 4.87. The number of aromatic nitrogens is 1. The number of fused-ring (bicyclic) bond motifs is 4. The van der Waals surface area contributed by atoms with Crippen LogP contribution in [0.25, 0.3) is 49.4 Å². The van der Waals surface area contributed by atoms with Crippen LogP contribution < -0.4 is 16.4 Å². The van der Waals surface area contributed by atoms with Gasteiger partial charge in [-0.25, -0.2) is 0 Å². The zero-order valence-electron chi connectivity index (χ0n) is 28.7. The zero-order valence-corrected chi connectivity index (χ0v) is 28.7. The molecule has 0 aliphatic carbocycles. The van der Waals surface area contributed by atoms with Crippen LogP contribution in [0, 0.1) is 41.5 Å². The van der Waals surface area contributed by atoms with Crippen molar-refractivity contribution in [3.63, 3.8) is 0 Å². The van der Waals surface area contributed by atoms with E-state index in [0.717, 1.165) is 0 Å². The summed E-state index contributed by atoms with van der Waals surface area (Å²) >= 11 is 0. The third-order valence-electron chi connectivity index (χ3n) is 10.3. The number of hydrogen-bond acceptors (Lipinski definition) is 0. The van der Waals surface area contributed by atoms with E-state index in [9.17, 15) is 0 Å². The molecule has 0 aliphatic rings. The molecule has 8 rings (SSSR count). The van der Waals surface area contributed by atoms with E-state index in [-0.39, 0.29) is 6.71 Å². The molecule has 0 aliphatic heterocycles. The minimum absolute atomic E-state index is 0.128. The van der Waals surface area contributed by atoms with Gasteiger partial charge in [0.05, 0.1) is 11.0 Å². The summed E-state index contributed by atoms with van der Waals surface area (Å²) in [5.41, 5.74) is 18.4. The van der Waals surface area contributed by atoms with Crippen LogP contribution in [0.15, 0.2) is 133 Å². The minimum atomic E-state index is 0.128. The summed E-state index contributed by atoms with van der Waals surface area (Å²) < 4.78 is 2.39. The first-order valence-corrected chi connectivity index (χ1v) is 17.1. The second-order valence-corrected chi connectivity index (χ2v) is 13.7. The molecule has 8 aromatic rings. The lowest BCUT2D eigenvalue weighted by Crippen LogP contribution is -2.56. The van der Waals surface area contributed by atoms with Gasteiger partial charge in [0, 0.05) is 16.5 Å². The summed E-state index contributed by atoms with van der Waals surface area (Å²) in [7, 11) is 0. The highest BCUT2D eigenvalue weighted by Crippen LogP contribution is 2.34. The van der Waals surface area contributed by atoms with E-state index in [4.69, 9.17) is 0 Å². The van der Waals surface area contributed by atoms with Gasteiger partial charge in [-0.15, -0.1) is 0 Å². The van der Waals surface area contributed by atoms with Gasteiger partial charge < -0.3 is 4.57 Å². The van der Waals surface area contributed by atoms with Crippen molar-refractivity contribution >= 4 is 55.7 Å². The van der Waals surface area contributed by atoms with Gasteiger partial charge in [-0.2, -0.15) is 0 Å². The molecule has 0 fully saturated rings. The Kier molecular flexibility index (Phi) is 7.33. The maximum Gasteiger partial charge on any atom is 0.243 e. The Balaban J connectivity index is 1.31. The van der Waals surface area contributed by atoms with Crippen LogP contribution in [0.2, 0.25) is 0 Å². The van der Waals surface area contributed by atoms with Crippen LogP contribution in [0.3, 0.4) is 0 Å². The van der Waals surface area contributed by atoms with Crippen molar-refractivity contribution < 1.29 is 0 Å². The molecule has 0 saturated heterocycles. The number of rotatable bonds is 5. The van der Waals surface area contributed by atoms with Crippen LogP contribution in [0.5, 0.6) is 0 Å². The van der Waals surface area contributed by atoms with E-state index in [1.807, 2.05) is 0 Å². The second-order valence-electron chi connectivity index (χ2n) is 13.7. The maximum atomic E-state index is 2.40. The Morgan fingerprint density at radius 3 is 1.35 bits per heavy atom. The molecular weight excluding hydrogens is 577 g/mol. The molecule has 48 heavy (non-hydrogen) atoms. The molecule has 2 heteroatoms. The lowest BCUT2D eigenvalue weighted by atomic mass is 9.33. The summed E-state index contributed by atoms with van der Waals surface area (Å²) in [6, 6.07) is 49.7. The number of aryl methyl sites for hydroxylation is 6. The van der Waals surface area contributed by atoms with Crippen LogP contribution in [0.1, 0.15) is 33.4 Å². The molecule has 0 radical (unpaired) electrons. The molecule has 232 valence electrons. The molecular formula is C46H40BN. The monoisotopic (exact) mass is 617 g/mol. The topological polar surface area (TPSA) is 4.93 Å². The predicted octanol–water partition coefficient (Wildman–Crippen LogP) is 9.97. The molecule has 0 N–H and O–H groups in total. The van der Waals surface area contributed by atoms with Gasteiger partial charge in [-0.1, -0.05) is 159 Å². The molecule has 1 aromatic heterocycles. The number of benzene rings is 7. The highest BCUT2D eigenvalue weighted by atomic mass is 15.0. The smallest absolute Gasteiger partial charge is 0.243 e. The quantitative estimate of drug-likeness (QED) is 0.170. The average molecular weight is 618 g/mol. The number of hydrogen-bond donors (Lipinski definition) is 0. The first-order valence-electron chi connectivity index (χ1n) is 17.1. The van der Waals surface area contributed by atoms with Crippen molar-refractivity contribution in [2.24, 2.45) is 0 Å². The lowest BCUT2D eigenvalue weighted by molar-refractivity contribution is 1.18. The van der Waals surface area contributed by atoms with E-state index < -0.39 is 0 Å². The third-order valence-corrected chi connectivity index (χ3v) is 10.3. The van der Waals surface area contributed by atoms with E-state index in [1.54, 1.807) is 0 Å². The van der Waals surface area contributed by atoms with Crippen LogP contribution in [-0.2, 0) is 0 Å². The molecule has 0 atom stereocenters. The first-order chi connectivity index (χ1) is 23.3. The Labute approximate surface area is 284 Å². The first kappa shape index (κ1) is 30.0. The summed E-state index contributed by atoms with van der Waals surface area (Å²) in [6.45, 7) is 13.7. The van der Waals surface area contributed by atoms with E-state index in [1.165, 1.54) is 99.2 Å². The van der Waals surface area contributed by atoms with Gasteiger partial charge >= 0.3 is 0 Å². The predicted molar refractivity (Wildman–Crippen MR) is 210 cm³/mol. The van der Waals surface area contributed by atoms with Crippen molar-refractivity contribution in [3.8, 4) is 16.8 Å². The van der Waals surface area contributed by atoms with Crippen molar-refractivity contribution in [2.45, 2.75) is 41.5 Å². The van der Waals surface area contributed by atoms with Gasteiger partial charge in [0.2, 0.25) is 6.71 Å². The molecule has 0 saturated carbocycles. The Hall–Kier alpha value is -5.34. The van der Waals surface area contributed by atoms with Crippen molar-refractivity contribution in [1.82, 2.24) is 4.57 Å². The lowest BCUT2D eigenvalue weighted by Gasteiger charge is -2.26. The maximum absolute atomic E-state index is 2.40. The SMILES string of the molecule is Cc1cc(C)c(B(c2c(C)cc(C)cc2C)c2ccc(-c3ccc(-n4c5ccccc5c5ccccc54)cc3)c3ccccc23)c(C)c1. The Morgan fingerprint density at radius 2 is 0.854 bits per heavy atom. The fourth-order valence-corrected chi connectivity index (χ4v) is 8.57.